The zero-order chi connectivity index (χ0) is 42.7. The molecule has 6 aromatic rings. The normalized spacial score (nSPS) is 14.8. The molecule has 2 aliphatic heterocycles. The van der Waals surface area contributed by atoms with Crippen LogP contribution in [0.2, 0.25) is 0 Å². The zero-order valence-corrected chi connectivity index (χ0v) is 34.3. The highest BCUT2D eigenvalue weighted by molar-refractivity contribution is 7.15. The second-order valence-corrected chi connectivity index (χ2v) is 15.5. The van der Waals surface area contributed by atoms with Gasteiger partial charge in [-0.25, -0.2) is 29.1 Å². The van der Waals surface area contributed by atoms with E-state index in [9.17, 15) is 19.2 Å². The van der Waals surface area contributed by atoms with Gasteiger partial charge in [-0.1, -0.05) is 0 Å². The highest BCUT2D eigenvalue weighted by Crippen LogP contribution is 2.26. The molecule has 2 aliphatic rings. The van der Waals surface area contributed by atoms with Crippen molar-refractivity contribution in [2.45, 2.75) is 25.0 Å². The highest BCUT2D eigenvalue weighted by atomic mass is 32.1. The quantitative estimate of drug-likeness (QED) is 0.0303. The van der Waals surface area contributed by atoms with E-state index in [4.69, 9.17) is 47.4 Å². The van der Waals surface area contributed by atoms with E-state index in [1.165, 1.54) is 12.4 Å². The molecule has 0 saturated carbocycles. The first kappa shape index (κ1) is 41.9. The first-order chi connectivity index (χ1) is 30.3. The van der Waals surface area contributed by atoms with E-state index >= 15 is 0 Å². The average Bonchev–Trinajstić information content (AvgIpc) is 4.20. The van der Waals surface area contributed by atoms with Gasteiger partial charge in [0.25, 0.3) is 0 Å². The molecule has 16 nitrogen and oxygen atoms in total. The summed E-state index contributed by atoms with van der Waals surface area (Å²) in [5.74, 6) is 0.932. The first-order valence-electron chi connectivity index (χ1n) is 19.2. The lowest BCUT2D eigenvalue weighted by Crippen LogP contribution is -2.08. The fourth-order valence-corrected chi connectivity index (χ4v) is 6.59. The summed E-state index contributed by atoms with van der Waals surface area (Å²) in [6.45, 7) is 3.19. The summed E-state index contributed by atoms with van der Waals surface area (Å²) < 4.78 is 54.6. The Labute approximate surface area is 361 Å². The number of nitrogens with zero attached hydrogens (tertiary/aromatic N) is 2. The number of benzene rings is 4. The Morgan fingerprint density at radius 3 is 1.06 bits per heavy atom. The Morgan fingerprint density at radius 2 is 0.742 bits per heavy atom. The largest absolute Gasteiger partial charge is 0.494 e. The number of thiazole rings is 2. The van der Waals surface area contributed by atoms with Gasteiger partial charge in [0.15, 0.2) is 0 Å². The molecule has 0 bridgehead atoms. The van der Waals surface area contributed by atoms with Crippen LogP contribution in [-0.2, 0) is 9.47 Å². The number of epoxide rings is 2. The summed E-state index contributed by atoms with van der Waals surface area (Å²) in [4.78, 5) is 58.9. The number of carbonyl (C=O) groups excluding carboxylic acids is 4. The first-order valence-corrected chi connectivity index (χ1v) is 20.9. The fourth-order valence-electron chi connectivity index (χ4n) is 5.25. The van der Waals surface area contributed by atoms with Gasteiger partial charge < -0.3 is 47.4 Å². The van der Waals surface area contributed by atoms with Gasteiger partial charge in [-0.3, -0.25) is 0 Å². The van der Waals surface area contributed by atoms with Crippen LogP contribution < -0.4 is 37.9 Å². The smallest absolute Gasteiger partial charge is 0.372 e. The Kier molecular flexibility index (Phi) is 13.6. The number of aromatic nitrogens is 2. The third-order valence-corrected chi connectivity index (χ3v) is 10.6. The Balaban J connectivity index is 0.690. The zero-order valence-electron chi connectivity index (χ0n) is 32.6. The molecule has 2 aromatic heterocycles. The van der Waals surface area contributed by atoms with Crippen molar-refractivity contribution in [3.63, 3.8) is 0 Å². The summed E-state index contributed by atoms with van der Waals surface area (Å²) in [6, 6.07) is 26.3. The minimum Gasteiger partial charge on any atom is -0.494 e. The molecular weight excluding hydrogens is 845 g/mol. The van der Waals surface area contributed by atoms with Crippen molar-refractivity contribution in [1.29, 1.82) is 0 Å². The van der Waals surface area contributed by atoms with Crippen LogP contribution in [0.5, 0.6) is 46.0 Å². The minimum atomic E-state index is -0.712. The van der Waals surface area contributed by atoms with Crippen molar-refractivity contribution in [1.82, 2.24) is 9.97 Å². The number of hydrogen-bond donors (Lipinski definition) is 0. The molecule has 0 spiro atoms. The van der Waals surface area contributed by atoms with Crippen LogP contribution in [0.3, 0.4) is 0 Å². The van der Waals surface area contributed by atoms with Gasteiger partial charge in [-0.15, -0.1) is 22.7 Å². The molecule has 2 saturated heterocycles. The van der Waals surface area contributed by atoms with Gasteiger partial charge in [0.2, 0.25) is 10.0 Å². The molecule has 318 valence electrons. The van der Waals surface area contributed by atoms with Crippen molar-refractivity contribution < 1.29 is 66.5 Å². The lowest BCUT2D eigenvalue weighted by molar-refractivity contribution is 0.0724. The van der Waals surface area contributed by atoms with Gasteiger partial charge in [-0.2, -0.15) is 0 Å². The van der Waals surface area contributed by atoms with Crippen LogP contribution in [0, 0.1) is 0 Å². The maximum Gasteiger partial charge on any atom is 0.372 e. The second kappa shape index (κ2) is 20.1. The van der Waals surface area contributed by atoms with E-state index in [-0.39, 0.29) is 37.7 Å². The topological polar surface area (TPSA) is 193 Å². The van der Waals surface area contributed by atoms with Crippen molar-refractivity contribution >= 4 is 46.6 Å². The Hall–Kier alpha value is -6.86. The maximum absolute atomic E-state index is 12.7. The van der Waals surface area contributed by atoms with Crippen LogP contribution in [0.1, 0.15) is 51.8 Å². The average molecular weight is 881 g/mol. The predicted octanol–water partition coefficient (Wildman–Crippen LogP) is 7.27. The fraction of sp³-hybridized carbons (Fsp3) is 0.227. The van der Waals surface area contributed by atoms with E-state index in [1.807, 2.05) is 0 Å². The number of esters is 4. The third-order valence-electron chi connectivity index (χ3n) is 8.65. The van der Waals surface area contributed by atoms with Crippen molar-refractivity contribution in [2.24, 2.45) is 0 Å². The lowest BCUT2D eigenvalue weighted by atomic mass is 10.3. The number of unbranched alkanes of at least 4 members (excludes halogenated alkanes) is 1. The number of hydrogen-bond acceptors (Lipinski definition) is 18. The van der Waals surface area contributed by atoms with Crippen molar-refractivity contribution in [3.05, 3.63) is 129 Å². The van der Waals surface area contributed by atoms with Crippen LogP contribution >= 0.6 is 22.7 Å². The standard InChI is InChI=1S/C44H36N2O14S2/c47-41(37-21-46-40(61-37)44(50)60-34-17-9-30(10-18-34)54-24-36-26-56-36)57-31-11-3-27(4-12-31)51-19-1-2-20-52-28-5-13-33(14-6-28)59-43(49)39-45-22-38(62-39)42(48)58-32-15-7-29(8-16-32)53-23-35-25-55-35/h3-18,21-22,35-36H,1-2,19-20,23-26H2. The van der Waals surface area contributed by atoms with Gasteiger partial charge in [0.1, 0.15) is 81.2 Å². The number of rotatable bonds is 21. The maximum atomic E-state index is 12.7. The van der Waals surface area contributed by atoms with Crippen LogP contribution in [-0.4, -0.2) is 85.7 Å². The van der Waals surface area contributed by atoms with Gasteiger partial charge in [0.05, 0.1) is 38.8 Å². The van der Waals surface area contributed by atoms with Crippen molar-refractivity contribution in [3.8, 4) is 46.0 Å². The van der Waals surface area contributed by atoms with Gasteiger partial charge in [0, 0.05) is 0 Å². The van der Waals surface area contributed by atoms with E-state index in [1.54, 1.807) is 97.1 Å². The monoisotopic (exact) mass is 880 g/mol. The molecule has 2 fully saturated rings. The van der Waals surface area contributed by atoms with Crippen molar-refractivity contribution in [2.75, 3.05) is 39.6 Å². The molecule has 62 heavy (non-hydrogen) atoms. The summed E-state index contributed by atoms with van der Waals surface area (Å²) in [5, 5.41) is 0.00347. The number of carbonyl (C=O) groups is 4. The van der Waals surface area contributed by atoms with Gasteiger partial charge in [-0.05, 0) is 110 Å². The summed E-state index contributed by atoms with van der Waals surface area (Å²) in [5.41, 5.74) is 0. The van der Waals surface area contributed by atoms with Crippen LogP contribution in [0.4, 0.5) is 0 Å². The SMILES string of the molecule is O=C(Oc1ccc(OCC2CO2)cc1)c1cnc(C(=O)Oc2ccc(OCCCCOc3ccc(OC(=O)c4cnc(C(=O)Oc5ccc(OCC6CO6)cc5)s4)cc3)cc2)s1. The second-order valence-electron chi connectivity index (χ2n) is 13.4. The number of ether oxygens (including phenoxy) is 10. The molecule has 0 N–H and O–H groups in total. The summed E-state index contributed by atoms with van der Waals surface area (Å²) in [7, 11) is 0. The molecule has 18 heteroatoms. The van der Waals surface area contributed by atoms with E-state index < -0.39 is 23.9 Å². The van der Waals surface area contributed by atoms with Crippen LogP contribution in [0.25, 0.3) is 0 Å². The van der Waals surface area contributed by atoms with Gasteiger partial charge >= 0.3 is 23.9 Å². The van der Waals surface area contributed by atoms with Crippen LogP contribution in [0.15, 0.2) is 109 Å². The minimum absolute atomic E-state index is 0.00134. The Bertz CT molecular complexity index is 2290. The molecule has 0 amide bonds. The van der Waals surface area contributed by atoms with E-state index in [0.29, 0.717) is 92.7 Å². The molecule has 2 atom stereocenters. The predicted molar refractivity (Wildman–Crippen MR) is 221 cm³/mol. The van der Waals surface area contributed by atoms with E-state index in [2.05, 4.69) is 9.97 Å². The Morgan fingerprint density at radius 1 is 0.452 bits per heavy atom. The highest BCUT2D eigenvalue weighted by Gasteiger charge is 2.25. The summed E-state index contributed by atoms with van der Waals surface area (Å²) in [6.07, 6.45) is 4.22. The lowest BCUT2D eigenvalue weighted by Gasteiger charge is -2.09. The molecule has 0 radical (unpaired) electrons. The molecule has 4 aromatic carbocycles. The van der Waals surface area contributed by atoms with E-state index in [0.717, 1.165) is 22.7 Å². The summed E-state index contributed by atoms with van der Waals surface area (Å²) >= 11 is 1.73. The molecular formula is C44H36N2O14S2. The molecule has 0 aliphatic carbocycles. The molecule has 8 rings (SSSR count). The molecule has 2 unspecified atom stereocenters. The third kappa shape index (κ3) is 12.4. The molecule has 4 heterocycles.